The zero-order valence-electron chi connectivity index (χ0n) is 9.54. The Kier molecular flexibility index (Phi) is 3.04. The van der Waals surface area contributed by atoms with E-state index in [1.165, 1.54) is 0 Å². The first kappa shape index (κ1) is 11.4. The average molecular weight is 299 g/mol. The van der Waals surface area contributed by atoms with Crippen LogP contribution in [0.4, 0.5) is 0 Å². The van der Waals surface area contributed by atoms with Crippen molar-refractivity contribution in [1.29, 1.82) is 0 Å². The van der Waals surface area contributed by atoms with Gasteiger partial charge in [-0.15, -0.1) is 0 Å². The van der Waals surface area contributed by atoms with Gasteiger partial charge in [-0.1, -0.05) is 0 Å². The average Bonchev–Trinajstić information content (AvgIpc) is 3.18. The Morgan fingerprint density at radius 2 is 1.88 bits per heavy atom. The number of halogens is 1. The normalized spacial score (nSPS) is 21.7. The number of rotatable bonds is 2. The van der Waals surface area contributed by atoms with Crippen molar-refractivity contribution in [2.24, 2.45) is 0 Å². The quantitative estimate of drug-likeness (QED) is 0.911. The Bertz CT molecular complexity index is 476. The highest BCUT2D eigenvalue weighted by Crippen LogP contribution is 2.41. The van der Waals surface area contributed by atoms with Crippen molar-refractivity contribution in [2.45, 2.75) is 37.5 Å². The molecular weight excluding hydrogens is 284 g/mol. The maximum absolute atomic E-state index is 11.9. The molecular formula is C12H15BrN2O2. The molecule has 1 aliphatic heterocycles. The van der Waals surface area contributed by atoms with Crippen LogP contribution in [0.25, 0.3) is 0 Å². The summed E-state index contributed by atoms with van der Waals surface area (Å²) >= 11 is 3.35. The standard InChI is InChI=1S/C12H15BrN2O2/c13-9-10(7-1-2-7)14-11(15-12(9)16)8-3-5-17-6-4-8/h7-8H,1-6H2,(H,14,15,16). The van der Waals surface area contributed by atoms with Gasteiger partial charge in [-0.25, -0.2) is 4.98 Å². The van der Waals surface area contributed by atoms with Crippen LogP contribution in [-0.4, -0.2) is 23.2 Å². The summed E-state index contributed by atoms with van der Waals surface area (Å²) in [4.78, 5) is 19.4. The maximum Gasteiger partial charge on any atom is 0.265 e. The molecule has 2 aliphatic rings. The summed E-state index contributed by atoms with van der Waals surface area (Å²) in [7, 11) is 0. The highest BCUT2D eigenvalue weighted by Gasteiger charge is 2.30. The topological polar surface area (TPSA) is 55.0 Å². The summed E-state index contributed by atoms with van der Waals surface area (Å²) < 4.78 is 5.96. The molecule has 0 bridgehead atoms. The minimum absolute atomic E-state index is 0.0385. The van der Waals surface area contributed by atoms with E-state index in [0.717, 1.165) is 50.4 Å². The first-order valence-electron chi connectivity index (χ1n) is 6.13. The maximum atomic E-state index is 11.9. The van der Waals surface area contributed by atoms with E-state index in [-0.39, 0.29) is 5.56 Å². The summed E-state index contributed by atoms with van der Waals surface area (Å²) in [5.41, 5.74) is 0.915. The van der Waals surface area contributed by atoms with Gasteiger partial charge in [0.2, 0.25) is 0 Å². The highest BCUT2D eigenvalue weighted by molar-refractivity contribution is 9.10. The van der Waals surface area contributed by atoms with Crippen molar-refractivity contribution < 1.29 is 4.74 Å². The van der Waals surface area contributed by atoms with E-state index >= 15 is 0 Å². The number of nitrogens with one attached hydrogen (secondary N) is 1. The van der Waals surface area contributed by atoms with Gasteiger partial charge < -0.3 is 9.72 Å². The van der Waals surface area contributed by atoms with Gasteiger partial charge in [-0.2, -0.15) is 0 Å². The summed E-state index contributed by atoms with van der Waals surface area (Å²) in [6.07, 6.45) is 4.22. The van der Waals surface area contributed by atoms with Gasteiger partial charge in [0.1, 0.15) is 10.3 Å². The smallest absolute Gasteiger partial charge is 0.265 e. The second kappa shape index (κ2) is 4.53. The van der Waals surface area contributed by atoms with Crippen LogP contribution >= 0.6 is 15.9 Å². The lowest BCUT2D eigenvalue weighted by Gasteiger charge is -2.21. The first-order valence-corrected chi connectivity index (χ1v) is 6.92. The fourth-order valence-electron chi connectivity index (χ4n) is 2.29. The molecule has 92 valence electrons. The summed E-state index contributed by atoms with van der Waals surface area (Å²) in [5.74, 6) is 1.69. The van der Waals surface area contributed by atoms with E-state index in [1.54, 1.807) is 0 Å². The third-order valence-electron chi connectivity index (χ3n) is 3.48. The van der Waals surface area contributed by atoms with Gasteiger partial charge in [0, 0.05) is 25.0 Å². The number of H-pyrrole nitrogens is 1. The molecule has 3 rings (SSSR count). The molecule has 4 nitrogen and oxygen atoms in total. The molecule has 1 N–H and O–H groups in total. The molecule has 17 heavy (non-hydrogen) atoms. The van der Waals surface area contributed by atoms with Crippen LogP contribution in [-0.2, 0) is 4.74 Å². The molecule has 0 amide bonds. The molecule has 0 radical (unpaired) electrons. The molecule has 0 unspecified atom stereocenters. The van der Waals surface area contributed by atoms with Crippen LogP contribution in [0, 0.1) is 0 Å². The first-order chi connectivity index (χ1) is 8.25. The van der Waals surface area contributed by atoms with Gasteiger partial charge in [0.15, 0.2) is 0 Å². The van der Waals surface area contributed by atoms with E-state index in [1.807, 2.05) is 0 Å². The van der Waals surface area contributed by atoms with Gasteiger partial charge in [0.25, 0.3) is 5.56 Å². The van der Waals surface area contributed by atoms with Crippen molar-refractivity contribution in [1.82, 2.24) is 9.97 Å². The predicted octanol–water partition coefficient (Wildman–Crippen LogP) is 2.30. The fourth-order valence-corrected chi connectivity index (χ4v) is 2.80. The monoisotopic (exact) mass is 298 g/mol. The van der Waals surface area contributed by atoms with Gasteiger partial charge >= 0.3 is 0 Å². The minimum Gasteiger partial charge on any atom is -0.381 e. The van der Waals surface area contributed by atoms with E-state index in [2.05, 4.69) is 25.9 Å². The van der Waals surface area contributed by atoms with Crippen molar-refractivity contribution in [3.8, 4) is 0 Å². The van der Waals surface area contributed by atoms with Crippen molar-refractivity contribution in [2.75, 3.05) is 13.2 Å². The third-order valence-corrected chi connectivity index (χ3v) is 4.25. The Morgan fingerprint density at radius 3 is 2.53 bits per heavy atom. The van der Waals surface area contributed by atoms with E-state index < -0.39 is 0 Å². The van der Waals surface area contributed by atoms with Gasteiger partial charge in [-0.05, 0) is 41.6 Å². The Morgan fingerprint density at radius 1 is 1.18 bits per heavy atom. The largest absolute Gasteiger partial charge is 0.381 e. The van der Waals surface area contributed by atoms with Gasteiger partial charge in [0.05, 0.1) is 5.69 Å². The number of aromatic nitrogens is 2. The number of hydrogen-bond acceptors (Lipinski definition) is 3. The predicted molar refractivity (Wildman–Crippen MR) is 67.3 cm³/mol. The highest BCUT2D eigenvalue weighted by atomic mass is 79.9. The number of ether oxygens (including phenoxy) is 1. The number of nitrogens with zero attached hydrogens (tertiary/aromatic N) is 1. The molecule has 2 heterocycles. The molecule has 0 aromatic carbocycles. The van der Waals surface area contributed by atoms with Crippen molar-refractivity contribution in [3.05, 3.63) is 26.3 Å². The lowest BCUT2D eigenvalue weighted by Crippen LogP contribution is -2.22. The molecule has 0 spiro atoms. The molecule has 1 aromatic heterocycles. The Balaban J connectivity index is 1.96. The van der Waals surface area contributed by atoms with Crippen LogP contribution < -0.4 is 5.56 Å². The SMILES string of the molecule is O=c1[nH]c(C2CCOCC2)nc(C2CC2)c1Br. The van der Waals surface area contributed by atoms with Crippen LogP contribution in [0.3, 0.4) is 0 Å². The lowest BCUT2D eigenvalue weighted by atomic mass is 9.99. The number of aromatic amines is 1. The number of hydrogen-bond donors (Lipinski definition) is 1. The third kappa shape index (κ3) is 2.31. The lowest BCUT2D eigenvalue weighted by molar-refractivity contribution is 0.0834. The molecule has 2 fully saturated rings. The van der Waals surface area contributed by atoms with Crippen LogP contribution in [0.1, 0.15) is 49.0 Å². The van der Waals surface area contributed by atoms with E-state index in [0.29, 0.717) is 16.3 Å². The fraction of sp³-hybridized carbons (Fsp3) is 0.667. The Labute approximate surface area is 108 Å². The van der Waals surface area contributed by atoms with Crippen LogP contribution in [0.2, 0.25) is 0 Å². The summed E-state index contributed by atoms with van der Waals surface area (Å²) in [6.45, 7) is 1.53. The summed E-state index contributed by atoms with van der Waals surface area (Å²) in [6, 6.07) is 0. The second-order valence-electron chi connectivity index (χ2n) is 4.81. The van der Waals surface area contributed by atoms with Crippen molar-refractivity contribution in [3.63, 3.8) is 0 Å². The van der Waals surface area contributed by atoms with Gasteiger partial charge in [-0.3, -0.25) is 4.79 Å². The molecule has 1 saturated carbocycles. The van der Waals surface area contributed by atoms with Crippen LogP contribution in [0.5, 0.6) is 0 Å². The van der Waals surface area contributed by atoms with Crippen LogP contribution in [0.15, 0.2) is 9.27 Å². The zero-order valence-corrected chi connectivity index (χ0v) is 11.1. The molecule has 1 saturated heterocycles. The second-order valence-corrected chi connectivity index (χ2v) is 5.60. The Hall–Kier alpha value is -0.680. The van der Waals surface area contributed by atoms with E-state index in [9.17, 15) is 4.79 Å². The van der Waals surface area contributed by atoms with E-state index in [4.69, 9.17) is 4.74 Å². The van der Waals surface area contributed by atoms with Crippen molar-refractivity contribution >= 4 is 15.9 Å². The molecule has 1 aromatic rings. The summed E-state index contributed by atoms with van der Waals surface area (Å²) in [5, 5.41) is 0. The molecule has 5 heteroatoms. The molecule has 1 aliphatic carbocycles. The zero-order chi connectivity index (χ0) is 11.8. The minimum atomic E-state index is -0.0385. The molecule has 0 atom stereocenters.